The maximum Gasteiger partial charge on any atom is 0.246 e. The molecule has 0 N–H and O–H groups in total. The monoisotopic (exact) mass is 125 g/mol. The van der Waals surface area contributed by atoms with Gasteiger partial charge in [-0.1, -0.05) is 0 Å². The van der Waals surface area contributed by atoms with Gasteiger partial charge in [0.05, 0.1) is 6.54 Å². The number of carbonyl (C=O) groups is 2. The molecule has 0 aromatic rings. The van der Waals surface area contributed by atoms with Gasteiger partial charge < -0.3 is 4.90 Å². The fourth-order valence-electron chi connectivity index (χ4n) is 0.656. The topological polar surface area (TPSA) is 37.4 Å². The average Bonchev–Trinajstić information content (AvgIpc) is 1.80. The van der Waals surface area contributed by atoms with E-state index in [-0.39, 0.29) is 18.2 Å². The summed E-state index contributed by atoms with van der Waals surface area (Å²) in [5.74, 6) is -0.119. The molecule has 48 valence electrons. The van der Waals surface area contributed by atoms with Gasteiger partial charge in [-0.3, -0.25) is 9.59 Å². The minimum atomic E-state index is -0.102. The van der Waals surface area contributed by atoms with Crippen LogP contribution in [0.3, 0.4) is 0 Å². The minimum absolute atomic E-state index is 0.0166. The lowest BCUT2D eigenvalue weighted by Gasteiger charge is -2.15. The third-order valence-corrected chi connectivity index (χ3v) is 1.18. The first-order chi connectivity index (χ1) is 4.20. The molecule has 0 bridgehead atoms. The molecule has 0 fully saturated rings. The van der Waals surface area contributed by atoms with Crippen molar-refractivity contribution < 1.29 is 9.59 Å². The Hall–Kier alpha value is -1.12. The largest absolute Gasteiger partial charge is 0.335 e. The lowest BCUT2D eigenvalue weighted by Crippen LogP contribution is -2.33. The Balaban J connectivity index is 2.76. The van der Waals surface area contributed by atoms with Crippen LogP contribution in [-0.4, -0.2) is 30.2 Å². The summed E-state index contributed by atoms with van der Waals surface area (Å²) in [6.45, 7) is 0.218. The van der Waals surface area contributed by atoms with Crippen LogP contribution in [0.4, 0.5) is 0 Å². The van der Waals surface area contributed by atoms with Crippen molar-refractivity contribution in [2.24, 2.45) is 0 Å². The molecule has 0 aliphatic carbocycles. The van der Waals surface area contributed by atoms with Crippen LogP contribution < -0.4 is 0 Å². The smallest absolute Gasteiger partial charge is 0.246 e. The van der Waals surface area contributed by atoms with Gasteiger partial charge in [-0.25, -0.2) is 0 Å². The summed E-state index contributed by atoms with van der Waals surface area (Å²) in [4.78, 5) is 22.5. The second-order valence-electron chi connectivity index (χ2n) is 1.99. The van der Waals surface area contributed by atoms with Gasteiger partial charge in [0.25, 0.3) is 0 Å². The predicted molar refractivity (Wildman–Crippen MR) is 31.8 cm³/mol. The summed E-state index contributed by atoms with van der Waals surface area (Å²) in [6, 6.07) is 0. The first-order valence-electron chi connectivity index (χ1n) is 2.66. The first-order valence-corrected chi connectivity index (χ1v) is 2.66. The van der Waals surface area contributed by atoms with Crippen LogP contribution in [0, 0.1) is 0 Å². The van der Waals surface area contributed by atoms with E-state index in [9.17, 15) is 9.59 Å². The number of likely N-dealkylation sites (N-methyl/N-ethyl adjacent to an activating group) is 1. The molecule has 0 atom stereocenters. The Labute approximate surface area is 53.0 Å². The number of carbonyl (C=O) groups excluding carboxylic acids is 2. The number of amides is 1. The number of nitrogens with zero attached hydrogens (tertiary/aromatic N) is 1. The van der Waals surface area contributed by atoms with E-state index in [4.69, 9.17) is 0 Å². The van der Waals surface area contributed by atoms with Crippen molar-refractivity contribution in [3.05, 3.63) is 12.2 Å². The summed E-state index contributed by atoms with van der Waals surface area (Å²) in [5, 5.41) is 0. The lowest BCUT2D eigenvalue weighted by atomic mass is 10.2. The maximum absolute atomic E-state index is 10.6. The van der Waals surface area contributed by atoms with E-state index in [2.05, 4.69) is 0 Å². The number of hydrogen-bond acceptors (Lipinski definition) is 2. The second kappa shape index (κ2) is 2.01. The van der Waals surface area contributed by atoms with E-state index in [1.165, 1.54) is 17.1 Å². The van der Waals surface area contributed by atoms with E-state index in [1.54, 1.807) is 7.05 Å². The van der Waals surface area contributed by atoms with Crippen molar-refractivity contribution >= 4 is 11.7 Å². The molecule has 3 heteroatoms. The van der Waals surface area contributed by atoms with Crippen LogP contribution in [0.2, 0.25) is 0 Å². The summed E-state index contributed by atoms with van der Waals surface area (Å²) in [6.07, 6.45) is 2.59. The maximum atomic E-state index is 10.6. The third-order valence-electron chi connectivity index (χ3n) is 1.18. The molecule has 0 unspecified atom stereocenters. The molecular weight excluding hydrogens is 118 g/mol. The van der Waals surface area contributed by atoms with Crippen LogP contribution in [0.1, 0.15) is 0 Å². The van der Waals surface area contributed by atoms with Crippen LogP contribution in [0.5, 0.6) is 0 Å². The fraction of sp³-hybridized carbons (Fsp3) is 0.333. The van der Waals surface area contributed by atoms with Crippen molar-refractivity contribution in [2.75, 3.05) is 13.6 Å². The van der Waals surface area contributed by atoms with E-state index in [1.807, 2.05) is 0 Å². The molecule has 0 spiro atoms. The highest BCUT2D eigenvalue weighted by atomic mass is 16.2. The Bertz CT molecular complexity index is 183. The Kier molecular flexibility index (Phi) is 1.34. The van der Waals surface area contributed by atoms with Crippen molar-refractivity contribution in [2.45, 2.75) is 0 Å². The first kappa shape index (κ1) is 6.01. The highest BCUT2D eigenvalue weighted by Crippen LogP contribution is 1.94. The normalized spacial score (nSPS) is 19.0. The summed E-state index contributed by atoms with van der Waals surface area (Å²) < 4.78 is 0. The quantitative estimate of drug-likeness (QED) is 0.441. The predicted octanol–water partition coefficient (Wildman–Crippen LogP) is -0.416. The number of rotatable bonds is 0. The van der Waals surface area contributed by atoms with Gasteiger partial charge in [0, 0.05) is 13.1 Å². The van der Waals surface area contributed by atoms with E-state index in [0.29, 0.717) is 0 Å². The van der Waals surface area contributed by atoms with Gasteiger partial charge in [0.1, 0.15) is 0 Å². The molecule has 3 nitrogen and oxygen atoms in total. The van der Waals surface area contributed by atoms with E-state index < -0.39 is 0 Å². The number of hydrogen-bond donors (Lipinski definition) is 0. The van der Waals surface area contributed by atoms with Crippen LogP contribution in [0.15, 0.2) is 12.2 Å². The van der Waals surface area contributed by atoms with Crippen molar-refractivity contribution in [1.29, 1.82) is 0 Å². The highest BCUT2D eigenvalue weighted by molar-refractivity contribution is 6.04. The Morgan fingerprint density at radius 3 is 2.56 bits per heavy atom. The van der Waals surface area contributed by atoms with Crippen molar-refractivity contribution in [3.63, 3.8) is 0 Å². The summed E-state index contributed by atoms with van der Waals surface area (Å²) >= 11 is 0. The zero-order valence-corrected chi connectivity index (χ0v) is 5.13. The molecule has 1 amide bonds. The fourth-order valence-corrected chi connectivity index (χ4v) is 0.656. The number of ketones is 1. The van der Waals surface area contributed by atoms with Gasteiger partial charge >= 0.3 is 0 Å². The van der Waals surface area contributed by atoms with Crippen molar-refractivity contribution in [1.82, 2.24) is 4.90 Å². The van der Waals surface area contributed by atoms with Crippen molar-refractivity contribution in [3.8, 4) is 0 Å². The van der Waals surface area contributed by atoms with Crippen LogP contribution >= 0.6 is 0 Å². The Morgan fingerprint density at radius 1 is 1.44 bits per heavy atom. The van der Waals surface area contributed by atoms with Gasteiger partial charge in [-0.05, 0) is 6.08 Å². The third kappa shape index (κ3) is 1.16. The summed E-state index contributed by atoms with van der Waals surface area (Å²) in [7, 11) is 1.60. The van der Waals surface area contributed by atoms with Gasteiger partial charge in [0.15, 0.2) is 5.78 Å². The van der Waals surface area contributed by atoms with Crippen LogP contribution in [-0.2, 0) is 9.59 Å². The second-order valence-corrected chi connectivity index (χ2v) is 1.99. The van der Waals surface area contributed by atoms with E-state index >= 15 is 0 Å². The van der Waals surface area contributed by atoms with Crippen LogP contribution in [0.25, 0.3) is 0 Å². The molecule has 0 aromatic heterocycles. The molecule has 1 heterocycles. The molecule has 1 aliphatic heterocycles. The molecule has 0 radical (unpaired) electrons. The van der Waals surface area contributed by atoms with Gasteiger partial charge in [-0.2, -0.15) is 0 Å². The minimum Gasteiger partial charge on any atom is -0.335 e. The van der Waals surface area contributed by atoms with E-state index in [0.717, 1.165) is 0 Å². The zero-order valence-electron chi connectivity index (χ0n) is 5.13. The molecule has 9 heavy (non-hydrogen) atoms. The Morgan fingerprint density at radius 2 is 2.11 bits per heavy atom. The molecule has 0 saturated carbocycles. The zero-order chi connectivity index (χ0) is 6.85. The van der Waals surface area contributed by atoms with Gasteiger partial charge in [0.2, 0.25) is 5.91 Å². The molecule has 1 rings (SSSR count). The standard InChI is InChI=1S/C6H7NO2/c1-7-4-5(8)2-3-6(7)9/h2-3H,4H2,1H3. The lowest BCUT2D eigenvalue weighted by molar-refractivity contribution is -0.130. The molecule has 1 aliphatic rings. The highest BCUT2D eigenvalue weighted by Gasteiger charge is 2.12. The molecular formula is C6H7NO2. The average molecular weight is 125 g/mol. The van der Waals surface area contributed by atoms with Gasteiger partial charge in [-0.15, -0.1) is 0 Å². The molecule has 0 saturated heterocycles. The SMILES string of the molecule is CN1CC(=O)C=CC1=O. The molecule has 0 aromatic carbocycles. The summed E-state index contributed by atoms with van der Waals surface area (Å²) in [5.41, 5.74) is 0.